The molecule has 120 valence electrons. The fraction of sp³-hybridized carbons (Fsp3) is 0.882. The molecule has 2 fully saturated rings. The average Bonchev–Trinajstić information content (AvgIpc) is 3.19. The van der Waals surface area contributed by atoms with Gasteiger partial charge >= 0.3 is 0 Å². The van der Waals surface area contributed by atoms with Gasteiger partial charge in [0.1, 0.15) is 11.6 Å². The van der Waals surface area contributed by atoms with Crippen molar-refractivity contribution in [1.82, 2.24) is 10.2 Å². The summed E-state index contributed by atoms with van der Waals surface area (Å²) >= 11 is 0. The summed E-state index contributed by atoms with van der Waals surface area (Å²) in [6.45, 7) is 10.2. The maximum atomic E-state index is 13.1. The van der Waals surface area contributed by atoms with Crippen molar-refractivity contribution in [2.45, 2.75) is 84.3 Å². The van der Waals surface area contributed by atoms with Gasteiger partial charge in [0.25, 0.3) is 0 Å². The van der Waals surface area contributed by atoms with Crippen molar-refractivity contribution in [3.8, 4) is 0 Å². The first kappa shape index (κ1) is 16.3. The van der Waals surface area contributed by atoms with E-state index >= 15 is 0 Å². The quantitative estimate of drug-likeness (QED) is 0.819. The Kier molecular flexibility index (Phi) is 4.64. The molecule has 0 bridgehead atoms. The van der Waals surface area contributed by atoms with E-state index in [2.05, 4.69) is 12.2 Å². The molecule has 2 aliphatic rings. The number of hydrogen-bond donors (Lipinski definition) is 1. The van der Waals surface area contributed by atoms with Gasteiger partial charge in [0.2, 0.25) is 11.8 Å². The van der Waals surface area contributed by atoms with Gasteiger partial charge in [-0.15, -0.1) is 0 Å². The summed E-state index contributed by atoms with van der Waals surface area (Å²) in [5.41, 5.74) is -0.679. The third-order valence-corrected chi connectivity index (χ3v) is 5.32. The molecule has 1 aliphatic heterocycles. The highest BCUT2D eigenvalue weighted by Gasteiger charge is 2.56. The molecule has 3 unspecified atom stereocenters. The highest BCUT2D eigenvalue weighted by atomic mass is 16.2. The van der Waals surface area contributed by atoms with Crippen molar-refractivity contribution in [3.63, 3.8) is 0 Å². The number of nitrogens with zero attached hydrogens (tertiary/aromatic N) is 1. The number of piperazine rings is 1. The average molecular weight is 294 g/mol. The Morgan fingerprint density at radius 1 is 1.24 bits per heavy atom. The molecular formula is C17H30N2O2. The van der Waals surface area contributed by atoms with Crippen LogP contribution in [0.15, 0.2) is 0 Å². The molecule has 1 heterocycles. The molecule has 1 aliphatic carbocycles. The molecule has 1 saturated heterocycles. The lowest BCUT2D eigenvalue weighted by Crippen LogP contribution is -2.71. The SMILES string of the molecule is CCCC1CC1N1C(=O)C(CC)(CC)NC(=O)C1C(C)C. The van der Waals surface area contributed by atoms with Gasteiger partial charge < -0.3 is 10.2 Å². The van der Waals surface area contributed by atoms with E-state index in [-0.39, 0.29) is 29.8 Å². The summed E-state index contributed by atoms with van der Waals surface area (Å²) in [5, 5.41) is 3.04. The van der Waals surface area contributed by atoms with Crippen LogP contribution in [-0.4, -0.2) is 34.3 Å². The lowest BCUT2D eigenvalue weighted by molar-refractivity contribution is -0.158. The van der Waals surface area contributed by atoms with E-state index in [1.807, 2.05) is 32.6 Å². The summed E-state index contributed by atoms with van der Waals surface area (Å²) in [7, 11) is 0. The molecule has 1 saturated carbocycles. The topological polar surface area (TPSA) is 49.4 Å². The zero-order chi connectivity index (χ0) is 15.8. The van der Waals surface area contributed by atoms with Crippen molar-refractivity contribution in [1.29, 1.82) is 0 Å². The van der Waals surface area contributed by atoms with Crippen LogP contribution in [0.2, 0.25) is 0 Å². The zero-order valence-electron chi connectivity index (χ0n) is 14.1. The molecule has 0 radical (unpaired) electrons. The summed E-state index contributed by atoms with van der Waals surface area (Å²) in [6, 6.07) is -0.0102. The van der Waals surface area contributed by atoms with Gasteiger partial charge in [0.15, 0.2) is 0 Å². The number of rotatable bonds is 6. The van der Waals surface area contributed by atoms with E-state index < -0.39 is 5.54 Å². The lowest BCUT2D eigenvalue weighted by Gasteiger charge is -2.47. The minimum Gasteiger partial charge on any atom is -0.340 e. The van der Waals surface area contributed by atoms with E-state index in [1.165, 1.54) is 0 Å². The van der Waals surface area contributed by atoms with Gasteiger partial charge in [-0.25, -0.2) is 0 Å². The number of amides is 2. The smallest absolute Gasteiger partial charge is 0.249 e. The maximum absolute atomic E-state index is 13.1. The first-order valence-electron chi connectivity index (χ1n) is 8.56. The van der Waals surface area contributed by atoms with Crippen LogP contribution in [0.5, 0.6) is 0 Å². The van der Waals surface area contributed by atoms with Crippen molar-refractivity contribution < 1.29 is 9.59 Å². The van der Waals surface area contributed by atoms with Crippen molar-refractivity contribution in [3.05, 3.63) is 0 Å². The molecule has 1 N–H and O–H groups in total. The first-order valence-corrected chi connectivity index (χ1v) is 8.56. The standard InChI is InChI=1S/C17H30N2O2/c1-6-9-12-10-13(12)19-14(11(4)5)15(20)18-17(7-2,8-3)16(19)21/h11-14H,6-10H2,1-5H3,(H,18,20). The molecule has 2 rings (SSSR count). The van der Waals surface area contributed by atoms with Gasteiger partial charge in [-0.1, -0.05) is 41.0 Å². The van der Waals surface area contributed by atoms with Crippen LogP contribution < -0.4 is 5.32 Å². The summed E-state index contributed by atoms with van der Waals surface area (Å²) < 4.78 is 0. The highest BCUT2D eigenvalue weighted by Crippen LogP contribution is 2.44. The van der Waals surface area contributed by atoms with Crippen LogP contribution in [0.3, 0.4) is 0 Å². The third kappa shape index (κ3) is 2.69. The molecular weight excluding hydrogens is 264 g/mol. The normalized spacial score (nSPS) is 31.5. The Hall–Kier alpha value is -1.06. The second-order valence-corrected chi connectivity index (χ2v) is 7.03. The van der Waals surface area contributed by atoms with E-state index in [0.717, 1.165) is 19.3 Å². The number of nitrogens with one attached hydrogen (secondary N) is 1. The molecule has 0 spiro atoms. The van der Waals surface area contributed by atoms with Gasteiger partial charge in [-0.3, -0.25) is 9.59 Å². The molecule has 0 aromatic carbocycles. The second-order valence-electron chi connectivity index (χ2n) is 7.03. The fourth-order valence-corrected chi connectivity index (χ4v) is 3.83. The van der Waals surface area contributed by atoms with Crippen LogP contribution in [0.1, 0.15) is 66.7 Å². The second kappa shape index (κ2) is 5.98. The minimum absolute atomic E-state index is 0.0375. The minimum atomic E-state index is -0.679. The van der Waals surface area contributed by atoms with E-state index in [0.29, 0.717) is 18.8 Å². The Morgan fingerprint density at radius 2 is 1.86 bits per heavy atom. The fourth-order valence-electron chi connectivity index (χ4n) is 3.83. The monoisotopic (exact) mass is 294 g/mol. The summed E-state index contributed by atoms with van der Waals surface area (Å²) in [6.07, 6.45) is 4.71. The Morgan fingerprint density at radius 3 is 2.33 bits per heavy atom. The van der Waals surface area contributed by atoms with Crippen molar-refractivity contribution in [2.75, 3.05) is 0 Å². The molecule has 0 aromatic rings. The Bertz CT molecular complexity index is 415. The Labute approximate surface area is 128 Å². The molecule has 0 aromatic heterocycles. The molecule has 3 atom stereocenters. The third-order valence-electron chi connectivity index (χ3n) is 5.32. The van der Waals surface area contributed by atoms with E-state index in [9.17, 15) is 9.59 Å². The van der Waals surface area contributed by atoms with Crippen LogP contribution in [0, 0.1) is 11.8 Å². The van der Waals surface area contributed by atoms with Crippen molar-refractivity contribution >= 4 is 11.8 Å². The van der Waals surface area contributed by atoms with Crippen LogP contribution in [0.25, 0.3) is 0 Å². The van der Waals surface area contributed by atoms with Gasteiger partial charge in [-0.2, -0.15) is 0 Å². The highest BCUT2D eigenvalue weighted by molar-refractivity contribution is 6.00. The number of hydrogen-bond acceptors (Lipinski definition) is 2. The number of carbonyl (C=O) groups excluding carboxylic acids is 2. The van der Waals surface area contributed by atoms with E-state index in [1.54, 1.807) is 0 Å². The van der Waals surface area contributed by atoms with Crippen LogP contribution in [0.4, 0.5) is 0 Å². The van der Waals surface area contributed by atoms with E-state index in [4.69, 9.17) is 0 Å². The van der Waals surface area contributed by atoms with Crippen LogP contribution in [-0.2, 0) is 9.59 Å². The molecule has 4 heteroatoms. The molecule has 2 amide bonds. The maximum Gasteiger partial charge on any atom is 0.249 e. The van der Waals surface area contributed by atoms with Gasteiger partial charge in [-0.05, 0) is 37.5 Å². The predicted molar refractivity (Wildman–Crippen MR) is 83.7 cm³/mol. The zero-order valence-corrected chi connectivity index (χ0v) is 14.1. The van der Waals surface area contributed by atoms with Crippen LogP contribution >= 0.6 is 0 Å². The summed E-state index contributed by atoms with van der Waals surface area (Å²) in [4.78, 5) is 27.7. The largest absolute Gasteiger partial charge is 0.340 e. The first-order chi connectivity index (χ1) is 9.91. The predicted octanol–water partition coefficient (Wildman–Crippen LogP) is 2.72. The Balaban J connectivity index is 2.30. The molecule has 4 nitrogen and oxygen atoms in total. The lowest BCUT2D eigenvalue weighted by atomic mass is 9.84. The van der Waals surface area contributed by atoms with Gasteiger partial charge in [0, 0.05) is 6.04 Å². The summed E-state index contributed by atoms with van der Waals surface area (Å²) in [5.74, 6) is 0.936. The number of carbonyl (C=O) groups is 2. The molecule has 21 heavy (non-hydrogen) atoms. The van der Waals surface area contributed by atoms with Crippen molar-refractivity contribution in [2.24, 2.45) is 11.8 Å². The van der Waals surface area contributed by atoms with Gasteiger partial charge in [0.05, 0.1) is 0 Å².